The first-order valence-electron chi connectivity index (χ1n) is 5.84. The number of nitrogens with zero attached hydrogens (tertiary/aromatic N) is 3. The highest BCUT2D eigenvalue weighted by molar-refractivity contribution is 5.65. The van der Waals surface area contributed by atoms with Crippen LogP contribution in [0.25, 0.3) is 11.4 Å². The van der Waals surface area contributed by atoms with Crippen LogP contribution in [0, 0.1) is 6.92 Å². The van der Waals surface area contributed by atoms with Crippen molar-refractivity contribution < 1.29 is 4.74 Å². The smallest absolute Gasteiger partial charge is 0.167 e. The molecule has 1 aliphatic carbocycles. The minimum atomic E-state index is 0.574. The monoisotopic (exact) mass is 229 g/mol. The molecule has 17 heavy (non-hydrogen) atoms. The van der Waals surface area contributed by atoms with Crippen LogP contribution < -0.4 is 4.74 Å². The second-order valence-corrected chi connectivity index (χ2v) is 4.50. The highest BCUT2D eigenvalue weighted by Gasteiger charge is 2.27. The highest BCUT2D eigenvalue weighted by atomic mass is 16.5. The van der Waals surface area contributed by atoms with Crippen LogP contribution >= 0.6 is 0 Å². The van der Waals surface area contributed by atoms with E-state index in [9.17, 15) is 0 Å². The molecule has 1 fully saturated rings. The number of hydrogen-bond acceptors (Lipinski definition) is 3. The van der Waals surface area contributed by atoms with Crippen molar-refractivity contribution in [3.8, 4) is 17.1 Å². The molecule has 1 heterocycles. The van der Waals surface area contributed by atoms with Crippen molar-refractivity contribution >= 4 is 0 Å². The molecule has 0 atom stereocenters. The number of aromatic nitrogens is 3. The van der Waals surface area contributed by atoms with Crippen molar-refractivity contribution in [3.63, 3.8) is 0 Å². The van der Waals surface area contributed by atoms with Crippen LogP contribution in [0.2, 0.25) is 0 Å². The number of hydrogen-bond donors (Lipinski definition) is 0. The van der Waals surface area contributed by atoms with E-state index in [1.807, 2.05) is 18.5 Å². The lowest BCUT2D eigenvalue weighted by molar-refractivity contribution is 0.415. The van der Waals surface area contributed by atoms with Gasteiger partial charge in [-0.1, -0.05) is 11.6 Å². The maximum atomic E-state index is 5.40. The third-order valence-electron chi connectivity index (χ3n) is 3.11. The van der Waals surface area contributed by atoms with Gasteiger partial charge in [-0.15, -0.1) is 10.2 Å². The molecule has 2 aromatic rings. The van der Waals surface area contributed by atoms with E-state index >= 15 is 0 Å². The second kappa shape index (κ2) is 3.87. The summed E-state index contributed by atoms with van der Waals surface area (Å²) < 4.78 is 7.55. The minimum Gasteiger partial charge on any atom is -0.496 e. The summed E-state index contributed by atoms with van der Waals surface area (Å²) in [6, 6.07) is 6.70. The maximum Gasteiger partial charge on any atom is 0.167 e. The van der Waals surface area contributed by atoms with Gasteiger partial charge in [-0.2, -0.15) is 0 Å². The normalized spacial score (nSPS) is 14.9. The molecule has 0 bridgehead atoms. The second-order valence-electron chi connectivity index (χ2n) is 4.50. The van der Waals surface area contributed by atoms with E-state index in [1.54, 1.807) is 7.11 Å². The van der Waals surface area contributed by atoms with Gasteiger partial charge in [0.05, 0.1) is 12.7 Å². The fourth-order valence-electron chi connectivity index (χ4n) is 2.05. The fraction of sp³-hybridized carbons (Fsp3) is 0.385. The van der Waals surface area contributed by atoms with Gasteiger partial charge in [-0.05, 0) is 31.9 Å². The van der Waals surface area contributed by atoms with E-state index in [4.69, 9.17) is 4.74 Å². The van der Waals surface area contributed by atoms with E-state index in [0.29, 0.717) is 6.04 Å². The van der Waals surface area contributed by atoms with Crippen LogP contribution in [0.15, 0.2) is 24.5 Å². The lowest BCUT2D eigenvalue weighted by atomic mass is 10.1. The topological polar surface area (TPSA) is 39.9 Å². The van der Waals surface area contributed by atoms with Gasteiger partial charge in [-0.25, -0.2) is 0 Å². The zero-order valence-corrected chi connectivity index (χ0v) is 10.1. The third-order valence-corrected chi connectivity index (χ3v) is 3.11. The van der Waals surface area contributed by atoms with Crippen molar-refractivity contribution in [1.82, 2.24) is 14.8 Å². The molecule has 0 radical (unpaired) electrons. The van der Waals surface area contributed by atoms with Crippen molar-refractivity contribution in [1.29, 1.82) is 0 Å². The summed E-state index contributed by atoms with van der Waals surface area (Å²) in [6.07, 6.45) is 4.26. The van der Waals surface area contributed by atoms with E-state index in [0.717, 1.165) is 17.1 Å². The number of rotatable bonds is 3. The molecule has 0 unspecified atom stereocenters. The van der Waals surface area contributed by atoms with Gasteiger partial charge in [0.1, 0.15) is 12.1 Å². The van der Waals surface area contributed by atoms with Crippen molar-refractivity contribution in [2.24, 2.45) is 0 Å². The number of aryl methyl sites for hydroxylation is 1. The van der Waals surface area contributed by atoms with Crippen molar-refractivity contribution in [3.05, 3.63) is 30.1 Å². The van der Waals surface area contributed by atoms with E-state index in [1.165, 1.54) is 18.4 Å². The lowest BCUT2D eigenvalue weighted by Gasteiger charge is -2.10. The SMILES string of the molecule is COc1ccc(C)cc1-c1nncn1C1CC1. The summed E-state index contributed by atoms with van der Waals surface area (Å²) in [5, 5.41) is 8.25. The van der Waals surface area contributed by atoms with Crippen LogP contribution in [0.5, 0.6) is 5.75 Å². The van der Waals surface area contributed by atoms with Gasteiger partial charge in [0.2, 0.25) is 0 Å². The third kappa shape index (κ3) is 1.79. The highest BCUT2D eigenvalue weighted by Crippen LogP contribution is 2.39. The molecule has 0 amide bonds. The van der Waals surface area contributed by atoms with E-state index < -0.39 is 0 Å². The zero-order chi connectivity index (χ0) is 11.8. The summed E-state index contributed by atoms with van der Waals surface area (Å²) in [5.41, 5.74) is 2.23. The Morgan fingerprint density at radius 2 is 2.18 bits per heavy atom. The lowest BCUT2D eigenvalue weighted by Crippen LogP contribution is -1.98. The van der Waals surface area contributed by atoms with Gasteiger partial charge >= 0.3 is 0 Å². The Kier molecular flexibility index (Phi) is 2.35. The molecule has 1 aliphatic rings. The van der Waals surface area contributed by atoms with E-state index in [2.05, 4.69) is 27.8 Å². The molecular weight excluding hydrogens is 214 g/mol. The maximum absolute atomic E-state index is 5.40. The van der Waals surface area contributed by atoms with Crippen LogP contribution in [0.4, 0.5) is 0 Å². The Morgan fingerprint density at radius 3 is 2.88 bits per heavy atom. The average Bonchev–Trinajstić information content (AvgIpc) is 3.07. The van der Waals surface area contributed by atoms with Crippen LogP contribution in [0.3, 0.4) is 0 Å². The van der Waals surface area contributed by atoms with Crippen molar-refractivity contribution in [2.45, 2.75) is 25.8 Å². The molecular formula is C13H15N3O. The molecule has 3 rings (SSSR count). The first-order valence-corrected chi connectivity index (χ1v) is 5.84. The predicted molar refractivity (Wildman–Crippen MR) is 65.0 cm³/mol. The van der Waals surface area contributed by atoms with Gasteiger partial charge in [-0.3, -0.25) is 0 Å². The molecule has 4 heteroatoms. The summed E-state index contributed by atoms with van der Waals surface area (Å²) in [5.74, 6) is 1.76. The standard InChI is InChI=1S/C13H15N3O/c1-9-3-6-12(17-2)11(7-9)13-15-14-8-16(13)10-4-5-10/h3,6-8,10H,4-5H2,1-2H3. The van der Waals surface area contributed by atoms with Crippen LogP contribution in [0.1, 0.15) is 24.4 Å². The van der Waals surface area contributed by atoms with Crippen LogP contribution in [-0.2, 0) is 0 Å². The molecule has 0 N–H and O–H groups in total. The predicted octanol–water partition coefficient (Wildman–Crippen LogP) is 2.60. The quantitative estimate of drug-likeness (QED) is 0.812. The summed E-state index contributed by atoms with van der Waals surface area (Å²) in [7, 11) is 1.69. The van der Waals surface area contributed by atoms with Gasteiger partial charge in [0, 0.05) is 6.04 Å². The van der Waals surface area contributed by atoms with Crippen molar-refractivity contribution in [2.75, 3.05) is 7.11 Å². The molecule has 88 valence electrons. The van der Waals surface area contributed by atoms with Gasteiger partial charge in [0.25, 0.3) is 0 Å². The van der Waals surface area contributed by atoms with Gasteiger partial charge in [0.15, 0.2) is 5.82 Å². The first kappa shape index (κ1) is 10.3. The minimum absolute atomic E-state index is 0.574. The zero-order valence-electron chi connectivity index (χ0n) is 10.1. The number of benzene rings is 1. The Balaban J connectivity index is 2.13. The number of methoxy groups -OCH3 is 1. The fourth-order valence-corrected chi connectivity index (χ4v) is 2.05. The Hall–Kier alpha value is -1.84. The average molecular weight is 229 g/mol. The molecule has 0 aliphatic heterocycles. The number of ether oxygens (including phenoxy) is 1. The molecule has 1 aromatic carbocycles. The summed E-state index contributed by atoms with van der Waals surface area (Å²) in [6.45, 7) is 2.07. The molecule has 1 aromatic heterocycles. The van der Waals surface area contributed by atoms with Crippen LogP contribution in [-0.4, -0.2) is 21.9 Å². The van der Waals surface area contributed by atoms with Gasteiger partial charge < -0.3 is 9.30 Å². The Morgan fingerprint density at radius 1 is 1.35 bits per heavy atom. The summed E-state index contributed by atoms with van der Waals surface area (Å²) >= 11 is 0. The molecule has 1 saturated carbocycles. The molecule has 0 saturated heterocycles. The van der Waals surface area contributed by atoms with E-state index in [-0.39, 0.29) is 0 Å². The first-order chi connectivity index (χ1) is 8.29. The molecule has 4 nitrogen and oxygen atoms in total. The molecule has 0 spiro atoms. The Bertz CT molecular complexity index is 543. The Labute approximate surface area is 100 Å². The largest absolute Gasteiger partial charge is 0.496 e. The summed E-state index contributed by atoms with van der Waals surface area (Å²) in [4.78, 5) is 0.